The van der Waals surface area contributed by atoms with Crippen molar-refractivity contribution >= 4 is 54.4 Å². The van der Waals surface area contributed by atoms with E-state index in [1.165, 1.54) is 16.2 Å². The van der Waals surface area contributed by atoms with Gasteiger partial charge in [-0.25, -0.2) is 0 Å². The van der Waals surface area contributed by atoms with Crippen LogP contribution >= 0.6 is 0 Å². The molecule has 0 aliphatic heterocycles. The molecule has 0 spiro atoms. The molecule has 0 saturated heterocycles. The zero-order valence-corrected chi connectivity index (χ0v) is 22.3. The Morgan fingerprint density at radius 1 is 0.730 bits per heavy atom. The van der Waals surface area contributed by atoms with Crippen LogP contribution in [-0.4, -0.2) is 9.97 Å². The van der Waals surface area contributed by atoms with E-state index in [0.717, 1.165) is 55.0 Å². The Hall–Kier alpha value is -4.11. The van der Waals surface area contributed by atoms with Crippen LogP contribution < -0.4 is 0 Å². The summed E-state index contributed by atoms with van der Waals surface area (Å²) in [5.74, 6) is 0. The molecule has 0 amide bonds. The predicted octanol–water partition coefficient (Wildman–Crippen LogP) is 8.53. The SMILES string of the molecule is Cc1[c-]c2c3ncccc3c3cc4ccccc4c4oc(c1)c2c34.[Ir].[c-]1ccccc1-c1ccccn1. The Bertz CT molecular complexity index is 1960. The van der Waals surface area contributed by atoms with E-state index in [-0.39, 0.29) is 20.1 Å². The van der Waals surface area contributed by atoms with Crippen LogP contribution in [-0.2, 0) is 20.1 Å². The number of rotatable bonds is 1. The van der Waals surface area contributed by atoms with E-state index in [1.807, 2.05) is 54.7 Å². The molecule has 0 fully saturated rings. The van der Waals surface area contributed by atoms with E-state index < -0.39 is 0 Å². The third-order valence-corrected chi connectivity index (χ3v) is 6.61. The largest absolute Gasteiger partial charge is 0.476 e. The molecule has 1 radical (unpaired) electrons. The summed E-state index contributed by atoms with van der Waals surface area (Å²) in [7, 11) is 0. The quantitative estimate of drug-likeness (QED) is 0.101. The molecule has 4 heteroatoms. The molecule has 0 atom stereocenters. The van der Waals surface area contributed by atoms with Crippen molar-refractivity contribution in [3.63, 3.8) is 0 Å². The fourth-order valence-electron chi connectivity index (χ4n) is 5.08. The summed E-state index contributed by atoms with van der Waals surface area (Å²) >= 11 is 0. The van der Waals surface area contributed by atoms with Gasteiger partial charge in [0.25, 0.3) is 0 Å². The maximum Gasteiger partial charge on any atom is 0.132 e. The van der Waals surface area contributed by atoms with Crippen LogP contribution in [0.2, 0.25) is 0 Å². The zero-order chi connectivity index (χ0) is 24.1. The van der Waals surface area contributed by atoms with Crippen LogP contribution in [0.3, 0.4) is 0 Å². The topological polar surface area (TPSA) is 38.9 Å². The number of hydrogen-bond donors (Lipinski definition) is 0. The van der Waals surface area contributed by atoms with E-state index in [2.05, 4.69) is 71.5 Å². The molecule has 5 aromatic carbocycles. The van der Waals surface area contributed by atoms with Gasteiger partial charge in [0.2, 0.25) is 0 Å². The first-order chi connectivity index (χ1) is 17.8. The van der Waals surface area contributed by atoms with Gasteiger partial charge < -0.3 is 14.4 Å². The predicted molar refractivity (Wildman–Crippen MR) is 147 cm³/mol. The molecule has 3 heterocycles. The fraction of sp³-hybridized carbons (Fsp3) is 0.0303. The van der Waals surface area contributed by atoms with E-state index in [9.17, 15) is 0 Å². The van der Waals surface area contributed by atoms with Crippen molar-refractivity contribution in [2.75, 3.05) is 0 Å². The van der Waals surface area contributed by atoms with Gasteiger partial charge in [0, 0.05) is 37.9 Å². The molecule has 179 valence electrons. The summed E-state index contributed by atoms with van der Waals surface area (Å²) in [4.78, 5) is 8.88. The first kappa shape index (κ1) is 23.3. The van der Waals surface area contributed by atoms with Crippen LogP contribution in [0.4, 0.5) is 0 Å². The molecule has 37 heavy (non-hydrogen) atoms. The number of benzene rings is 5. The summed E-state index contributed by atoms with van der Waals surface area (Å²) < 4.78 is 6.33. The third kappa shape index (κ3) is 3.86. The number of nitrogens with zero attached hydrogens (tertiary/aromatic N) is 2. The molecular weight excluding hydrogens is 633 g/mol. The number of fused-ring (bicyclic) bond motifs is 5. The molecular formula is C33H20IrN2O-2. The molecule has 3 aromatic heterocycles. The van der Waals surface area contributed by atoms with Crippen LogP contribution in [0.15, 0.2) is 108 Å². The number of aromatic nitrogens is 2. The van der Waals surface area contributed by atoms with Gasteiger partial charge >= 0.3 is 0 Å². The molecule has 0 saturated carbocycles. The Labute approximate surface area is 227 Å². The monoisotopic (exact) mass is 653 g/mol. The third-order valence-electron chi connectivity index (χ3n) is 6.61. The van der Waals surface area contributed by atoms with Crippen molar-refractivity contribution in [1.29, 1.82) is 0 Å². The Morgan fingerprint density at radius 3 is 2.38 bits per heavy atom. The number of aryl methyl sites for hydroxylation is 1. The van der Waals surface area contributed by atoms with Crippen molar-refractivity contribution in [2.45, 2.75) is 6.92 Å². The van der Waals surface area contributed by atoms with Gasteiger partial charge in [0.15, 0.2) is 0 Å². The molecule has 0 bridgehead atoms. The average molecular weight is 653 g/mol. The van der Waals surface area contributed by atoms with Gasteiger partial charge in [-0.2, -0.15) is 0 Å². The smallest absolute Gasteiger partial charge is 0.132 e. The molecule has 8 aromatic rings. The van der Waals surface area contributed by atoms with Gasteiger partial charge in [0.1, 0.15) is 5.58 Å². The second-order valence-corrected chi connectivity index (χ2v) is 8.91. The minimum absolute atomic E-state index is 0. The summed E-state index contributed by atoms with van der Waals surface area (Å²) in [6.07, 6.45) is 3.64. The Kier molecular flexibility index (Phi) is 5.92. The van der Waals surface area contributed by atoms with Crippen molar-refractivity contribution < 1.29 is 24.5 Å². The molecule has 0 aliphatic rings. The van der Waals surface area contributed by atoms with Gasteiger partial charge in [-0.1, -0.05) is 60.8 Å². The standard InChI is InChI=1S/C22H12NO.C11H8N.Ir/c1-12-9-17-19-18(10-12)24-22-14-6-3-2-5-13(14)11-16(20(19)22)15-7-4-8-23-21(15)17;1-2-6-10(7-3-1)11-8-4-5-9-12-11;/h2-8,10-11H,1H3;1-6,8-9H;/q2*-1;. The normalized spacial score (nSPS) is 11.2. The second kappa shape index (κ2) is 9.40. The van der Waals surface area contributed by atoms with Crippen molar-refractivity contribution in [1.82, 2.24) is 9.97 Å². The molecule has 0 unspecified atom stereocenters. The van der Waals surface area contributed by atoms with Gasteiger partial charge in [-0.3, -0.25) is 0 Å². The maximum absolute atomic E-state index is 6.33. The minimum atomic E-state index is 0. The molecule has 0 aliphatic carbocycles. The van der Waals surface area contributed by atoms with Crippen molar-refractivity contribution in [3.05, 3.63) is 121 Å². The number of furan rings is 1. The van der Waals surface area contributed by atoms with Crippen LogP contribution in [0.5, 0.6) is 0 Å². The summed E-state index contributed by atoms with van der Waals surface area (Å²) in [6.45, 7) is 2.05. The maximum atomic E-state index is 6.33. The number of pyridine rings is 2. The second-order valence-electron chi connectivity index (χ2n) is 8.91. The number of hydrogen-bond acceptors (Lipinski definition) is 3. The first-order valence-electron chi connectivity index (χ1n) is 11.9. The Morgan fingerprint density at radius 2 is 1.54 bits per heavy atom. The molecule has 8 rings (SSSR count). The van der Waals surface area contributed by atoms with Gasteiger partial charge in [-0.15, -0.1) is 52.9 Å². The van der Waals surface area contributed by atoms with Gasteiger partial charge in [-0.05, 0) is 51.0 Å². The molecule has 3 nitrogen and oxygen atoms in total. The zero-order valence-electron chi connectivity index (χ0n) is 20.0. The van der Waals surface area contributed by atoms with Crippen LogP contribution in [0.1, 0.15) is 5.56 Å². The summed E-state index contributed by atoms with van der Waals surface area (Å²) in [5, 5.41) is 8.10. The van der Waals surface area contributed by atoms with Crippen molar-refractivity contribution in [2.24, 2.45) is 0 Å². The van der Waals surface area contributed by atoms with E-state index >= 15 is 0 Å². The van der Waals surface area contributed by atoms with E-state index in [1.54, 1.807) is 6.20 Å². The Balaban J connectivity index is 0.000000165. The van der Waals surface area contributed by atoms with Crippen LogP contribution in [0.25, 0.3) is 65.6 Å². The van der Waals surface area contributed by atoms with Crippen molar-refractivity contribution in [3.8, 4) is 11.3 Å². The first-order valence-corrected chi connectivity index (χ1v) is 11.9. The summed E-state index contributed by atoms with van der Waals surface area (Å²) in [5.41, 5.74) is 5.96. The summed E-state index contributed by atoms with van der Waals surface area (Å²) in [6, 6.07) is 37.2. The fourth-order valence-corrected chi connectivity index (χ4v) is 5.08. The van der Waals surface area contributed by atoms with Gasteiger partial charge in [0.05, 0.1) is 5.58 Å². The van der Waals surface area contributed by atoms with E-state index in [0.29, 0.717) is 0 Å². The average Bonchev–Trinajstić information content (AvgIpc) is 3.33. The minimum Gasteiger partial charge on any atom is -0.476 e. The van der Waals surface area contributed by atoms with E-state index in [4.69, 9.17) is 4.42 Å². The van der Waals surface area contributed by atoms with Crippen LogP contribution in [0, 0.1) is 19.1 Å². The molecule has 0 N–H and O–H groups in total.